The van der Waals surface area contributed by atoms with Crippen molar-refractivity contribution < 1.29 is 27.6 Å². The maximum atomic E-state index is 12.6. The zero-order chi connectivity index (χ0) is 19.4. The van der Waals surface area contributed by atoms with Crippen LogP contribution in [-0.4, -0.2) is 58.8 Å². The van der Waals surface area contributed by atoms with Gasteiger partial charge in [0.2, 0.25) is 10.0 Å². The molecule has 0 atom stereocenters. The minimum Gasteiger partial charge on any atom is -0.486 e. The fourth-order valence-electron chi connectivity index (χ4n) is 3.20. The van der Waals surface area contributed by atoms with Gasteiger partial charge in [0, 0.05) is 25.6 Å². The van der Waals surface area contributed by atoms with Crippen LogP contribution < -0.4 is 19.8 Å². The lowest BCUT2D eigenvalue weighted by Crippen LogP contribution is -2.40. The van der Waals surface area contributed by atoms with Gasteiger partial charge in [0.1, 0.15) is 24.3 Å². The van der Waals surface area contributed by atoms with Gasteiger partial charge in [0.15, 0.2) is 11.5 Å². The highest BCUT2D eigenvalue weighted by Crippen LogP contribution is 2.30. The number of morpholine rings is 1. The zero-order valence-corrected chi connectivity index (χ0v) is 16.3. The van der Waals surface area contributed by atoms with Crippen LogP contribution in [0.2, 0.25) is 0 Å². The summed E-state index contributed by atoms with van der Waals surface area (Å²) in [5.41, 5.74) is 1.14. The third kappa shape index (κ3) is 4.21. The van der Waals surface area contributed by atoms with Crippen LogP contribution in [0.3, 0.4) is 0 Å². The average molecular weight is 406 g/mol. The lowest BCUT2D eigenvalue weighted by Gasteiger charge is -2.25. The second kappa shape index (κ2) is 8.34. The second-order valence-electron chi connectivity index (χ2n) is 6.61. The van der Waals surface area contributed by atoms with E-state index in [1.165, 1.54) is 10.5 Å². The van der Waals surface area contributed by atoms with Gasteiger partial charge in [0.05, 0.1) is 19.8 Å². The minimum absolute atomic E-state index is 0.256. The molecule has 2 N–H and O–H groups in total. The zero-order valence-electron chi connectivity index (χ0n) is 15.5. The summed E-state index contributed by atoms with van der Waals surface area (Å²) in [5, 5.41) is 3.28. The van der Waals surface area contributed by atoms with Crippen molar-refractivity contribution >= 4 is 15.8 Å². The maximum Gasteiger partial charge on any atom is 0.272 e. The number of aromatic amines is 1. The first-order chi connectivity index (χ1) is 13.6. The van der Waals surface area contributed by atoms with Crippen molar-refractivity contribution in [2.24, 2.45) is 0 Å². The van der Waals surface area contributed by atoms with Crippen molar-refractivity contribution in [3.63, 3.8) is 0 Å². The number of hydrogen-bond acceptors (Lipinski definition) is 6. The molecule has 1 aromatic carbocycles. The monoisotopic (exact) mass is 406 g/mol. The largest absolute Gasteiger partial charge is 0.486 e. The molecule has 1 saturated heterocycles. The number of anilines is 1. The van der Waals surface area contributed by atoms with E-state index in [0.717, 1.165) is 29.3 Å². The normalized spacial score (nSPS) is 17.3. The van der Waals surface area contributed by atoms with Gasteiger partial charge in [-0.25, -0.2) is 13.4 Å². The van der Waals surface area contributed by atoms with Gasteiger partial charge < -0.3 is 14.2 Å². The van der Waals surface area contributed by atoms with E-state index in [1.54, 1.807) is 12.1 Å². The molecule has 0 radical (unpaired) electrons. The molecule has 0 aliphatic carbocycles. The number of sulfonamides is 1. The van der Waals surface area contributed by atoms with E-state index in [1.807, 2.05) is 18.2 Å². The van der Waals surface area contributed by atoms with Crippen molar-refractivity contribution in [2.45, 2.75) is 11.3 Å². The quantitative estimate of drug-likeness (QED) is 0.768. The van der Waals surface area contributed by atoms with Gasteiger partial charge in [-0.2, -0.15) is 4.31 Å². The number of pyridine rings is 1. The molecule has 4 rings (SSSR count). The van der Waals surface area contributed by atoms with E-state index < -0.39 is 10.0 Å². The van der Waals surface area contributed by atoms with Gasteiger partial charge >= 0.3 is 0 Å². The molecule has 8 nitrogen and oxygen atoms in total. The number of rotatable bonds is 6. The summed E-state index contributed by atoms with van der Waals surface area (Å²) < 4.78 is 43.1. The molecule has 3 heterocycles. The highest BCUT2D eigenvalue weighted by Gasteiger charge is 2.27. The van der Waals surface area contributed by atoms with Crippen molar-refractivity contribution in [1.29, 1.82) is 0 Å². The molecule has 0 bridgehead atoms. The third-order valence-electron chi connectivity index (χ3n) is 4.73. The van der Waals surface area contributed by atoms with Crippen molar-refractivity contribution in [3.05, 3.63) is 42.1 Å². The Hall–Kier alpha value is -2.36. The first kappa shape index (κ1) is 19.0. The highest BCUT2D eigenvalue weighted by atomic mass is 32.2. The fraction of sp³-hybridized carbons (Fsp3) is 0.421. The van der Waals surface area contributed by atoms with Crippen LogP contribution in [0.15, 0.2) is 41.4 Å². The minimum atomic E-state index is -3.48. The Morgan fingerprint density at radius 1 is 1.00 bits per heavy atom. The molecule has 9 heteroatoms. The molecule has 0 unspecified atom stereocenters. The molecule has 2 aliphatic heterocycles. The van der Waals surface area contributed by atoms with Gasteiger partial charge in [-0.1, -0.05) is 6.07 Å². The Morgan fingerprint density at radius 2 is 1.79 bits per heavy atom. The number of nitrogens with one attached hydrogen (secondary N) is 2. The SMILES string of the molecule is O=S(=O)(c1ccc(NCCc2ccc3c(c2)OCCO3)[nH+]c1)N1CCOCC1. The van der Waals surface area contributed by atoms with Crippen molar-refractivity contribution in [2.75, 3.05) is 51.4 Å². The molecule has 1 aromatic heterocycles. The summed E-state index contributed by atoms with van der Waals surface area (Å²) in [5.74, 6) is 2.33. The summed E-state index contributed by atoms with van der Waals surface area (Å²) in [6.07, 6.45) is 2.33. The molecule has 0 amide bonds. The predicted octanol–water partition coefficient (Wildman–Crippen LogP) is 0.947. The van der Waals surface area contributed by atoms with E-state index in [9.17, 15) is 8.42 Å². The number of aromatic nitrogens is 1. The summed E-state index contributed by atoms with van der Waals surface area (Å²) in [4.78, 5) is 3.28. The first-order valence-electron chi connectivity index (χ1n) is 9.35. The summed E-state index contributed by atoms with van der Waals surface area (Å²) >= 11 is 0. The van der Waals surface area contributed by atoms with E-state index in [0.29, 0.717) is 46.1 Å². The van der Waals surface area contributed by atoms with E-state index >= 15 is 0 Å². The molecule has 2 aromatic rings. The molecular formula is C19H24N3O5S+. The topological polar surface area (TPSA) is 91.2 Å². The Bertz CT molecular complexity index is 912. The van der Waals surface area contributed by atoms with Crippen LogP contribution >= 0.6 is 0 Å². The van der Waals surface area contributed by atoms with Crippen LogP contribution in [0, 0.1) is 0 Å². The van der Waals surface area contributed by atoms with Crippen LogP contribution in [0.25, 0.3) is 0 Å². The van der Waals surface area contributed by atoms with Crippen LogP contribution in [-0.2, 0) is 21.2 Å². The lowest BCUT2D eigenvalue weighted by atomic mass is 10.1. The molecule has 1 fully saturated rings. The summed E-state index contributed by atoms with van der Waals surface area (Å²) in [7, 11) is -3.48. The van der Waals surface area contributed by atoms with Crippen molar-refractivity contribution in [3.8, 4) is 11.5 Å². The van der Waals surface area contributed by atoms with E-state index in [-0.39, 0.29) is 4.90 Å². The van der Waals surface area contributed by atoms with Gasteiger partial charge in [0.25, 0.3) is 5.82 Å². The predicted molar refractivity (Wildman–Crippen MR) is 102 cm³/mol. The maximum absolute atomic E-state index is 12.6. The van der Waals surface area contributed by atoms with Gasteiger partial charge in [-0.15, -0.1) is 0 Å². The number of hydrogen-bond donors (Lipinski definition) is 1. The Kier molecular flexibility index (Phi) is 5.65. The standard InChI is InChI=1S/C19H23N3O5S/c23-28(24,22-7-9-25-10-8-22)16-2-4-19(21-14-16)20-6-5-15-1-3-17-18(13-15)27-12-11-26-17/h1-4,13-14H,5-12H2,(H,20,21)/p+1. The molecule has 2 aliphatic rings. The smallest absolute Gasteiger partial charge is 0.272 e. The van der Waals surface area contributed by atoms with Crippen LogP contribution in [0.4, 0.5) is 5.82 Å². The lowest BCUT2D eigenvalue weighted by molar-refractivity contribution is -0.364. The van der Waals surface area contributed by atoms with Gasteiger partial charge in [-0.05, 0) is 23.8 Å². The van der Waals surface area contributed by atoms with E-state index in [4.69, 9.17) is 14.2 Å². The fourth-order valence-corrected chi connectivity index (χ4v) is 4.58. The highest BCUT2D eigenvalue weighted by molar-refractivity contribution is 7.89. The van der Waals surface area contributed by atoms with Crippen LogP contribution in [0.1, 0.15) is 5.56 Å². The van der Waals surface area contributed by atoms with Gasteiger partial charge in [-0.3, -0.25) is 5.32 Å². The summed E-state index contributed by atoms with van der Waals surface area (Å²) in [6.45, 7) is 3.50. The third-order valence-corrected chi connectivity index (χ3v) is 6.62. The number of nitrogens with zero attached hydrogens (tertiary/aromatic N) is 1. The average Bonchev–Trinajstić information content (AvgIpc) is 2.75. The molecular weight excluding hydrogens is 382 g/mol. The molecule has 0 saturated carbocycles. The van der Waals surface area contributed by atoms with Crippen molar-refractivity contribution in [1.82, 2.24) is 4.31 Å². The Morgan fingerprint density at radius 3 is 2.54 bits per heavy atom. The summed E-state index contributed by atoms with van der Waals surface area (Å²) in [6, 6.07) is 9.32. The number of ether oxygens (including phenoxy) is 3. The second-order valence-corrected chi connectivity index (χ2v) is 8.55. The Labute approximate surface area is 164 Å². The molecule has 28 heavy (non-hydrogen) atoms. The van der Waals surface area contributed by atoms with Crippen LogP contribution in [0.5, 0.6) is 11.5 Å². The number of fused-ring (bicyclic) bond motifs is 1. The van der Waals surface area contributed by atoms with E-state index in [2.05, 4.69) is 10.3 Å². The first-order valence-corrected chi connectivity index (χ1v) is 10.8. The Balaban J connectivity index is 1.33. The molecule has 0 spiro atoms. The number of H-pyrrole nitrogens is 1. The molecule has 150 valence electrons. The number of benzene rings is 1.